The third-order valence-electron chi connectivity index (χ3n) is 4.04. The topological polar surface area (TPSA) is 29.1 Å². The quantitative estimate of drug-likeness (QED) is 0.827. The van der Waals surface area contributed by atoms with Crippen LogP contribution in [0.4, 0.5) is 0 Å². The molecular formula is C17H29NOS. The standard InChI is InChI=1S/C17H29NOS/c1-12(2)14(5)20(19)11-17(18-6)16-9-7-15(8-10-16)13(3)4/h7-10,12-14,17-18H,11H2,1-6H3. The van der Waals surface area contributed by atoms with E-state index in [9.17, 15) is 4.21 Å². The van der Waals surface area contributed by atoms with Crippen molar-refractivity contribution in [3.63, 3.8) is 0 Å². The summed E-state index contributed by atoms with van der Waals surface area (Å²) in [6.45, 7) is 10.7. The molecule has 1 rings (SSSR count). The van der Waals surface area contributed by atoms with Crippen molar-refractivity contribution in [3.8, 4) is 0 Å². The average molecular weight is 295 g/mol. The Morgan fingerprint density at radius 2 is 1.50 bits per heavy atom. The molecule has 1 aromatic rings. The Labute approximate surface area is 126 Å². The second-order valence-corrected chi connectivity index (χ2v) is 8.00. The monoisotopic (exact) mass is 295 g/mol. The van der Waals surface area contributed by atoms with Crippen LogP contribution in [0.2, 0.25) is 0 Å². The first-order chi connectivity index (χ1) is 9.36. The van der Waals surface area contributed by atoms with Gasteiger partial charge in [-0.25, -0.2) is 0 Å². The predicted octanol–water partition coefficient (Wildman–Crippen LogP) is 3.86. The SMILES string of the molecule is CNC(CS(=O)C(C)C(C)C)c1ccc(C(C)C)cc1. The molecule has 1 aromatic carbocycles. The average Bonchev–Trinajstić information content (AvgIpc) is 2.43. The van der Waals surface area contributed by atoms with Gasteiger partial charge < -0.3 is 5.32 Å². The number of hydrogen-bond donors (Lipinski definition) is 1. The summed E-state index contributed by atoms with van der Waals surface area (Å²) >= 11 is 0. The second kappa shape index (κ2) is 7.94. The van der Waals surface area contributed by atoms with Gasteiger partial charge >= 0.3 is 0 Å². The van der Waals surface area contributed by atoms with Gasteiger partial charge in [-0.3, -0.25) is 4.21 Å². The second-order valence-electron chi connectivity index (χ2n) is 6.16. The van der Waals surface area contributed by atoms with Crippen LogP contribution in [0.5, 0.6) is 0 Å². The van der Waals surface area contributed by atoms with E-state index in [0.29, 0.717) is 17.6 Å². The Hall–Kier alpha value is -0.670. The van der Waals surface area contributed by atoms with Crippen LogP contribution in [0.25, 0.3) is 0 Å². The zero-order chi connectivity index (χ0) is 15.3. The number of rotatable bonds is 7. The summed E-state index contributed by atoms with van der Waals surface area (Å²) in [6.07, 6.45) is 0. The van der Waals surface area contributed by atoms with Crippen LogP contribution in [0.3, 0.4) is 0 Å². The van der Waals surface area contributed by atoms with E-state index >= 15 is 0 Å². The van der Waals surface area contributed by atoms with E-state index in [4.69, 9.17) is 0 Å². The maximum atomic E-state index is 12.4. The summed E-state index contributed by atoms with van der Waals surface area (Å²) < 4.78 is 12.4. The molecule has 3 atom stereocenters. The molecule has 0 aliphatic carbocycles. The van der Waals surface area contributed by atoms with E-state index in [1.165, 1.54) is 11.1 Å². The molecule has 0 amide bonds. The lowest BCUT2D eigenvalue weighted by atomic mass is 10.00. The zero-order valence-electron chi connectivity index (χ0n) is 13.6. The van der Waals surface area contributed by atoms with E-state index in [0.717, 1.165) is 0 Å². The highest BCUT2D eigenvalue weighted by atomic mass is 32.2. The summed E-state index contributed by atoms with van der Waals surface area (Å²) in [4.78, 5) is 0. The van der Waals surface area contributed by atoms with Crippen LogP contribution in [0.1, 0.15) is 57.7 Å². The van der Waals surface area contributed by atoms with Gasteiger partial charge in [0.05, 0.1) is 0 Å². The fourth-order valence-electron chi connectivity index (χ4n) is 2.08. The number of hydrogen-bond acceptors (Lipinski definition) is 2. The lowest BCUT2D eigenvalue weighted by Gasteiger charge is -2.21. The molecule has 0 aliphatic heterocycles. The molecule has 3 heteroatoms. The number of benzene rings is 1. The first-order valence-electron chi connectivity index (χ1n) is 7.51. The number of nitrogens with one attached hydrogen (secondary N) is 1. The van der Waals surface area contributed by atoms with Crippen LogP contribution in [-0.4, -0.2) is 22.3 Å². The molecule has 2 nitrogen and oxygen atoms in total. The predicted molar refractivity (Wildman–Crippen MR) is 89.6 cm³/mol. The highest BCUT2D eigenvalue weighted by molar-refractivity contribution is 7.85. The van der Waals surface area contributed by atoms with E-state index in [2.05, 4.69) is 64.2 Å². The molecule has 0 saturated heterocycles. The van der Waals surface area contributed by atoms with Crippen molar-refractivity contribution in [2.24, 2.45) is 5.92 Å². The summed E-state index contributed by atoms with van der Waals surface area (Å²) in [5, 5.41) is 3.54. The first kappa shape index (κ1) is 17.4. The van der Waals surface area contributed by atoms with E-state index in [1.807, 2.05) is 7.05 Å². The molecule has 0 saturated carbocycles. The van der Waals surface area contributed by atoms with Crippen molar-refractivity contribution < 1.29 is 4.21 Å². The van der Waals surface area contributed by atoms with Gasteiger partial charge in [0.15, 0.2) is 0 Å². The Balaban J connectivity index is 2.78. The maximum absolute atomic E-state index is 12.4. The molecule has 1 N–H and O–H groups in total. The third kappa shape index (κ3) is 4.71. The highest BCUT2D eigenvalue weighted by Crippen LogP contribution is 2.21. The lowest BCUT2D eigenvalue weighted by Crippen LogP contribution is -2.28. The zero-order valence-corrected chi connectivity index (χ0v) is 14.5. The molecule has 3 unspecified atom stereocenters. The minimum absolute atomic E-state index is 0.165. The van der Waals surface area contributed by atoms with Gasteiger partial charge in [0, 0.05) is 27.8 Å². The fourth-order valence-corrected chi connectivity index (χ4v) is 3.68. The molecule has 0 radical (unpaired) electrons. The Morgan fingerprint density at radius 3 is 1.90 bits per heavy atom. The molecule has 0 spiro atoms. The summed E-state index contributed by atoms with van der Waals surface area (Å²) in [5.74, 6) is 1.68. The molecule has 114 valence electrons. The Bertz CT molecular complexity index is 425. The molecule has 0 aliphatic rings. The minimum atomic E-state index is -0.802. The van der Waals surface area contributed by atoms with Crippen LogP contribution >= 0.6 is 0 Å². The van der Waals surface area contributed by atoms with Crippen molar-refractivity contribution in [3.05, 3.63) is 35.4 Å². The molecule has 0 fully saturated rings. The summed E-state index contributed by atoms with van der Waals surface area (Å²) in [5.41, 5.74) is 2.57. The first-order valence-corrected chi connectivity index (χ1v) is 8.89. The van der Waals surface area contributed by atoms with E-state index < -0.39 is 10.8 Å². The van der Waals surface area contributed by atoms with Crippen LogP contribution in [0, 0.1) is 5.92 Å². The lowest BCUT2D eigenvalue weighted by molar-refractivity contribution is 0.589. The molecule has 0 bridgehead atoms. The minimum Gasteiger partial charge on any atom is -0.312 e. The van der Waals surface area contributed by atoms with Gasteiger partial charge in [-0.05, 0) is 30.0 Å². The third-order valence-corrected chi connectivity index (χ3v) is 6.07. The van der Waals surface area contributed by atoms with Gasteiger partial charge in [0.2, 0.25) is 0 Å². The van der Waals surface area contributed by atoms with Crippen molar-refractivity contribution >= 4 is 10.8 Å². The Kier molecular flexibility index (Phi) is 6.90. The van der Waals surface area contributed by atoms with E-state index in [-0.39, 0.29) is 11.3 Å². The normalized spacial score (nSPS) is 16.4. The van der Waals surface area contributed by atoms with Crippen LogP contribution in [-0.2, 0) is 10.8 Å². The van der Waals surface area contributed by atoms with Crippen LogP contribution in [0.15, 0.2) is 24.3 Å². The van der Waals surface area contributed by atoms with Crippen molar-refractivity contribution in [2.45, 2.75) is 51.8 Å². The largest absolute Gasteiger partial charge is 0.312 e. The van der Waals surface area contributed by atoms with Crippen molar-refractivity contribution in [1.29, 1.82) is 0 Å². The maximum Gasteiger partial charge on any atom is 0.0434 e. The molecule has 20 heavy (non-hydrogen) atoms. The summed E-state index contributed by atoms with van der Waals surface area (Å²) in [6, 6.07) is 8.85. The highest BCUT2D eigenvalue weighted by Gasteiger charge is 2.20. The van der Waals surface area contributed by atoms with Gasteiger partial charge in [-0.1, -0.05) is 58.9 Å². The van der Waals surface area contributed by atoms with Crippen LogP contribution < -0.4 is 5.32 Å². The van der Waals surface area contributed by atoms with E-state index in [1.54, 1.807) is 0 Å². The Morgan fingerprint density at radius 1 is 1.00 bits per heavy atom. The smallest absolute Gasteiger partial charge is 0.0434 e. The van der Waals surface area contributed by atoms with Gasteiger partial charge in [0.25, 0.3) is 0 Å². The molecule has 0 aromatic heterocycles. The summed E-state index contributed by atoms with van der Waals surface area (Å²) in [7, 11) is 1.14. The van der Waals surface area contributed by atoms with Gasteiger partial charge in [0.1, 0.15) is 0 Å². The van der Waals surface area contributed by atoms with Gasteiger partial charge in [-0.15, -0.1) is 0 Å². The fraction of sp³-hybridized carbons (Fsp3) is 0.647. The molecule has 0 heterocycles. The molecular weight excluding hydrogens is 266 g/mol. The van der Waals surface area contributed by atoms with Crippen molar-refractivity contribution in [1.82, 2.24) is 5.32 Å². The van der Waals surface area contributed by atoms with Gasteiger partial charge in [-0.2, -0.15) is 0 Å². The van der Waals surface area contributed by atoms with Crippen molar-refractivity contribution in [2.75, 3.05) is 12.8 Å².